The van der Waals surface area contributed by atoms with Crippen molar-refractivity contribution in [1.29, 1.82) is 5.26 Å². The van der Waals surface area contributed by atoms with Crippen molar-refractivity contribution in [3.05, 3.63) is 32.2 Å². The Morgan fingerprint density at radius 3 is 2.38 bits per heavy atom. The van der Waals surface area contributed by atoms with Crippen molar-refractivity contribution in [2.75, 3.05) is 6.54 Å². The number of carbonyl (C=O) groups excluding carboxylic acids is 1. The van der Waals surface area contributed by atoms with Gasteiger partial charge in [0.05, 0.1) is 8.95 Å². The SMILES string of the molecule is CCCCCCCCNC(=O)/C(C#N)=C/c1cc(Br)c(O)c(Br)c1. The maximum absolute atomic E-state index is 12.1. The van der Waals surface area contributed by atoms with Gasteiger partial charge in [-0.25, -0.2) is 0 Å². The molecule has 0 saturated carbocycles. The molecule has 4 nitrogen and oxygen atoms in total. The van der Waals surface area contributed by atoms with Gasteiger partial charge in [-0.15, -0.1) is 0 Å². The highest BCUT2D eigenvalue weighted by Crippen LogP contribution is 2.33. The third-order valence-corrected chi connectivity index (χ3v) is 4.74. The first-order valence-corrected chi connectivity index (χ1v) is 9.66. The molecule has 1 aromatic rings. The van der Waals surface area contributed by atoms with E-state index in [9.17, 15) is 15.2 Å². The predicted molar refractivity (Wildman–Crippen MR) is 103 cm³/mol. The van der Waals surface area contributed by atoms with Crippen LogP contribution in [0.3, 0.4) is 0 Å². The molecular weight excluding hydrogens is 436 g/mol. The Morgan fingerprint density at radius 1 is 1.21 bits per heavy atom. The molecule has 130 valence electrons. The second kappa shape index (κ2) is 11.3. The number of phenolic OH excluding ortho intramolecular Hbond substituents is 1. The Kier molecular flexibility index (Phi) is 9.73. The zero-order valence-electron chi connectivity index (χ0n) is 13.7. The van der Waals surface area contributed by atoms with Gasteiger partial charge in [0.2, 0.25) is 0 Å². The third-order valence-electron chi connectivity index (χ3n) is 3.53. The van der Waals surface area contributed by atoms with E-state index < -0.39 is 0 Å². The van der Waals surface area contributed by atoms with Crippen LogP contribution in [0, 0.1) is 11.3 Å². The monoisotopic (exact) mass is 456 g/mol. The van der Waals surface area contributed by atoms with Crippen molar-refractivity contribution in [2.24, 2.45) is 0 Å². The van der Waals surface area contributed by atoms with E-state index in [4.69, 9.17) is 0 Å². The van der Waals surface area contributed by atoms with Gasteiger partial charge in [0.15, 0.2) is 0 Å². The lowest BCUT2D eigenvalue weighted by Crippen LogP contribution is -2.25. The van der Waals surface area contributed by atoms with Gasteiger partial charge in [-0.3, -0.25) is 4.79 Å². The zero-order chi connectivity index (χ0) is 17.9. The molecule has 1 aromatic carbocycles. The molecule has 0 aromatic heterocycles. The van der Waals surface area contributed by atoms with Gasteiger partial charge >= 0.3 is 0 Å². The molecule has 0 unspecified atom stereocenters. The summed E-state index contributed by atoms with van der Waals surface area (Å²) in [5, 5.41) is 21.7. The molecule has 1 amide bonds. The predicted octanol–water partition coefficient (Wildman–Crippen LogP) is 5.30. The maximum atomic E-state index is 12.1. The van der Waals surface area contributed by atoms with E-state index in [1.807, 2.05) is 6.07 Å². The zero-order valence-corrected chi connectivity index (χ0v) is 16.9. The third kappa shape index (κ3) is 7.06. The molecule has 0 bridgehead atoms. The fourth-order valence-electron chi connectivity index (χ4n) is 2.19. The summed E-state index contributed by atoms with van der Waals surface area (Å²) in [4.78, 5) is 12.1. The molecule has 0 spiro atoms. The van der Waals surface area contributed by atoms with Crippen molar-refractivity contribution < 1.29 is 9.90 Å². The molecule has 0 aliphatic carbocycles. The number of aromatic hydroxyl groups is 1. The van der Waals surface area contributed by atoms with Gasteiger partial charge in [0.1, 0.15) is 17.4 Å². The first kappa shape index (κ1) is 20.7. The van der Waals surface area contributed by atoms with Crippen LogP contribution in [0.15, 0.2) is 26.7 Å². The number of hydrogen-bond acceptors (Lipinski definition) is 3. The van der Waals surface area contributed by atoms with Crippen LogP contribution in [0.4, 0.5) is 0 Å². The number of nitrogens with one attached hydrogen (secondary N) is 1. The Balaban J connectivity index is 2.56. The Hall–Kier alpha value is -1.32. The highest BCUT2D eigenvalue weighted by Gasteiger charge is 2.10. The van der Waals surface area contributed by atoms with Crippen LogP contribution in [-0.4, -0.2) is 17.6 Å². The number of halogens is 2. The molecule has 0 radical (unpaired) electrons. The summed E-state index contributed by atoms with van der Waals surface area (Å²) in [7, 11) is 0. The molecule has 24 heavy (non-hydrogen) atoms. The van der Waals surface area contributed by atoms with Gasteiger partial charge in [0.25, 0.3) is 5.91 Å². The summed E-state index contributed by atoms with van der Waals surface area (Å²) in [6, 6.07) is 5.23. The lowest BCUT2D eigenvalue weighted by atomic mass is 10.1. The summed E-state index contributed by atoms with van der Waals surface area (Å²) in [6.07, 6.45) is 8.40. The second-order valence-corrected chi connectivity index (χ2v) is 7.24. The minimum Gasteiger partial charge on any atom is -0.506 e. The van der Waals surface area contributed by atoms with Crippen LogP contribution in [0.1, 0.15) is 51.0 Å². The number of amides is 1. The van der Waals surface area contributed by atoms with Crippen LogP contribution < -0.4 is 5.32 Å². The molecule has 0 atom stereocenters. The largest absolute Gasteiger partial charge is 0.506 e. The lowest BCUT2D eigenvalue weighted by molar-refractivity contribution is -0.117. The molecule has 0 fully saturated rings. The number of nitrogens with zero attached hydrogens (tertiary/aromatic N) is 1. The van der Waals surface area contributed by atoms with Crippen molar-refractivity contribution >= 4 is 43.8 Å². The molecule has 0 aliphatic heterocycles. The minimum atomic E-state index is -0.369. The van der Waals surface area contributed by atoms with Gasteiger partial charge in [-0.2, -0.15) is 5.26 Å². The number of phenols is 1. The molecule has 2 N–H and O–H groups in total. The lowest BCUT2D eigenvalue weighted by Gasteiger charge is -2.06. The smallest absolute Gasteiger partial charge is 0.261 e. The van der Waals surface area contributed by atoms with Crippen molar-refractivity contribution in [2.45, 2.75) is 45.4 Å². The number of hydrogen-bond donors (Lipinski definition) is 2. The quantitative estimate of drug-likeness (QED) is 0.300. The Bertz CT molecular complexity index is 613. The average Bonchev–Trinajstić information content (AvgIpc) is 2.56. The number of nitriles is 1. The van der Waals surface area contributed by atoms with Crippen LogP contribution in [-0.2, 0) is 4.79 Å². The van der Waals surface area contributed by atoms with E-state index in [1.54, 1.807) is 12.1 Å². The molecule has 1 rings (SSSR count). The highest BCUT2D eigenvalue weighted by atomic mass is 79.9. The Labute approximate surface area is 160 Å². The van der Waals surface area contributed by atoms with E-state index in [1.165, 1.54) is 31.8 Å². The number of benzene rings is 1. The molecule has 0 heterocycles. The Morgan fingerprint density at radius 2 is 1.79 bits per heavy atom. The summed E-state index contributed by atoms with van der Waals surface area (Å²) < 4.78 is 0.987. The fourth-order valence-corrected chi connectivity index (χ4v) is 3.41. The standard InChI is InChI=1S/C18H22Br2N2O2/c1-2-3-4-5-6-7-8-22-18(24)14(12-21)9-13-10-15(19)17(23)16(20)11-13/h9-11,23H,2-8H2,1H3,(H,22,24)/b14-9+. The van der Waals surface area contributed by atoms with Crippen molar-refractivity contribution in [1.82, 2.24) is 5.32 Å². The van der Waals surface area contributed by atoms with Gasteiger partial charge in [0, 0.05) is 6.54 Å². The van der Waals surface area contributed by atoms with Crippen molar-refractivity contribution in [3.8, 4) is 11.8 Å². The van der Waals surface area contributed by atoms with Crippen LogP contribution >= 0.6 is 31.9 Å². The van der Waals surface area contributed by atoms with Crippen LogP contribution in [0.5, 0.6) is 5.75 Å². The molecule has 0 aliphatic rings. The average molecular weight is 458 g/mol. The van der Waals surface area contributed by atoms with E-state index >= 15 is 0 Å². The summed E-state index contributed by atoms with van der Waals surface area (Å²) in [5.41, 5.74) is 0.697. The van der Waals surface area contributed by atoms with E-state index in [0.717, 1.165) is 12.8 Å². The first-order valence-electron chi connectivity index (χ1n) is 8.07. The van der Waals surface area contributed by atoms with Crippen LogP contribution in [0.25, 0.3) is 6.08 Å². The normalized spacial score (nSPS) is 11.2. The fraction of sp³-hybridized carbons (Fsp3) is 0.444. The maximum Gasteiger partial charge on any atom is 0.261 e. The highest BCUT2D eigenvalue weighted by molar-refractivity contribution is 9.11. The summed E-state index contributed by atoms with van der Waals surface area (Å²) in [6.45, 7) is 2.76. The molecule has 0 saturated heterocycles. The minimum absolute atomic E-state index is 0.0467. The van der Waals surface area contributed by atoms with Crippen molar-refractivity contribution in [3.63, 3.8) is 0 Å². The van der Waals surface area contributed by atoms with Gasteiger partial charge in [-0.05, 0) is 62.1 Å². The van der Waals surface area contributed by atoms with E-state index in [2.05, 4.69) is 44.1 Å². The van der Waals surface area contributed by atoms with E-state index in [-0.39, 0.29) is 17.2 Å². The molecule has 6 heteroatoms. The summed E-state index contributed by atoms with van der Waals surface area (Å²) in [5.74, 6) is -0.287. The number of unbranched alkanes of at least 4 members (excludes halogenated alkanes) is 5. The molecular formula is C18H22Br2N2O2. The first-order chi connectivity index (χ1) is 11.5. The number of rotatable bonds is 9. The van der Waals surface area contributed by atoms with Gasteiger partial charge < -0.3 is 10.4 Å². The summed E-state index contributed by atoms with van der Waals surface area (Å²) >= 11 is 6.46. The topological polar surface area (TPSA) is 73.1 Å². The number of carbonyl (C=O) groups is 1. The van der Waals surface area contributed by atoms with Gasteiger partial charge in [-0.1, -0.05) is 39.0 Å². The second-order valence-electron chi connectivity index (χ2n) is 5.53. The van der Waals surface area contributed by atoms with E-state index in [0.29, 0.717) is 21.1 Å². The van der Waals surface area contributed by atoms with Crippen LogP contribution in [0.2, 0.25) is 0 Å².